The second-order valence-corrected chi connectivity index (χ2v) is 6.40. The van der Waals surface area contributed by atoms with Crippen molar-refractivity contribution in [3.8, 4) is 0 Å². The first kappa shape index (κ1) is 20.6. The molecule has 5 N–H and O–H groups in total. The van der Waals surface area contributed by atoms with Gasteiger partial charge < -0.3 is 26.6 Å². The number of carbonyl (C=O) groups excluding carboxylic acids is 3. The van der Waals surface area contributed by atoms with Crippen molar-refractivity contribution in [2.24, 2.45) is 11.7 Å². The molecular formula is C17H27N5O3. The van der Waals surface area contributed by atoms with Crippen molar-refractivity contribution < 1.29 is 14.4 Å². The normalized spacial score (nSPS) is 12.0. The van der Waals surface area contributed by atoms with E-state index in [1.807, 2.05) is 27.9 Å². The molecule has 0 heterocycles. The maximum atomic E-state index is 11.9. The van der Waals surface area contributed by atoms with Crippen LogP contribution >= 0.6 is 0 Å². The molecule has 0 aliphatic heterocycles. The van der Waals surface area contributed by atoms with Gasteiger partial charge in [0.1, 0.15) is 0 Å². The van der Waals surface area contributed by atoms with Gasteiger partial charge in [-0.25, -0.2) is 0 Å². The first-order chi connectivity index (χ1) is 11.7. The van der Waals surface area contributed by atoms with Crippen LogP contribution in [0.1, 0.15) is 13.8 Å². The van der Waals surface area contributed by atoms with Gasteiger partial charge in [-0.05, 0) is 44.3 Å². The van der Waals surface area contributed by atoms with Gasteiger partial charge in [-0.3, -0.25) is 14.4 Å². The molecule has 3 amide bonds. The molecule has 0 radical (unpaired) electrons. The number of nitrogens with zero attached hydrogens (tertiary/aromatic N) is 1. The fourth-order valence-corrected chi connectivity index (χ4v) is 1.92. The predicted octanol–water partition coefficient (Wildman–Crippen LogP) is 0.225. The number of nitrogens with two attached hydrogens (primary N) is 1. The minimum absolute atomic E-state index is 0.00156. The molecule has 8 nitrogen and oxygen atoms in total. The van der Waals surface area contributed by atoms with Crippen molar-refractivity contribution in [3.63, 3.8) is 0 Å². The van der Waals surface area contributed by atoms with E-state index in [-0.39, 0.29) is 36.7 Å². The summed E-state index contributed by atoms with van der Waals surface area (Å²) in [6, 6.07) is 6.08. The summed E-state index contributed by atoms with van der Waals surface area (Å²) in [5.74, 6) is -0.831. The van der Waals surface area contributed by atoms with Crippen molar-refractivity contribution in [1.29, 1.82) is 0 Å². The zero-order valence-corrected chi connectivity index (χ0v) is 15.1. The van der Waals surface area contributed by atoms with Crippen LogP contribution in [0, 0.1) is 5.92 Å². The molecule has 0 unspecified atom stereocenters. The average molecular weight is 349 g/mol. The Morgan fingerprint density at radius 2 is 1.48 bits per heavy atom. The molecule has 0 bridgehead atoms. The van der Waals surface area contributed by atoms with Crippen LogP contribution < -0.4 is 21.7 Å². The molecule has 8 heteroatoms. The van der Waals surface area contributed by atoms with Gasteiger partial charge in [-0.2, -0.15) is 0 Å². The number of hydrogen-bond donors (Lipinski definition) is 4. The van der Waals surface area contributed by atoms with Gasteiger partial charge in [0.2, 0.25) is 17.7 Å². The summed E-state index contributed by atoms with van der Waals surface area (Å²) in [5, 5.41) is 7.92. The summed E-state index contributed by atoms with van der Waals surface area (Å²) in [4.78, 5) is 37.0. The Labute approximate surface area is 148 Å². The van der Waals surface area contributed by atoms with Crippen molar-refractivity contribution in [1.82, 2.24) is 10.2 Å². The third-order valence-corrected chi connectivity index (χ3v) is 3.36. The van der Waals surface area contributed by atoms with Gasteiger partial charge in [-0.15, -0.1) is 0 Å². The second-order valence-electron chi connectivity index (χ2n) is 6.40. The molecule has 1 atom stereocenters. The number of amides is 3. The van der Waals surface area contributed by atoms with Gasteiger partial charge in [0.25, 0.3) is 0 Å². The molecule has 1 rings (SSSR count). The number of likely N-dealkylation sites (N-methyl/N-ethyl adjacent to an activating group) is 1. The number of hydrogen-bond acceptors (Lipinski definition) is 5. The van der Waals surface area contributed by atoms with Gasteiger partial charge in [-0.1, -0.05) is 13.8 Å². The highest BCUT2D eigenvalue weighted by Gasteiger charge is 2.17. The predicted molar refractivity (Wildman–Crippen MR) is 98.1 cm³/mol. The Balaban J connectivity index is 2.45. The van der Waals surface area contributed by atoms with E-state index in [0.717, 1.165) is 0 Å². The Morgan fingerprint density at radius 1 is 1.00 bits per heavy atom. The standard InChI is InChI=1S/C17H27N5O3/c1-11(2)16(18)17(25)19-9-14(23)20-12-5-7-13(8-6-12)21-15(24)10-22(3)4/h5-8,11,16H,9-10,18H2,1-4H3,(H,19,25)(H,20,23)(H,21,24)/t16-/m0/s1. The molecule has 0 fully saturated rings. The molecule has 0 saturated carbocycles. The highest BCUT2D eigenvalue weighted by molar-refractivity contribution is 5.96. The first-order valence-electron chi connectivity index (χ1n) is 8.07. The van der Waals surface area contributed by atoms with E-state index in [1.54, 1.807) is 29.2 Å². The van der Waals surface area contributed by atoms with Crippen molar-refractivity contribution in [3.05, 3.63) is 24.3 Å². The first-order valence-corrected chi connectivity index (χ1v) is 8.07. The van der Waals surface area contributed by atoms with E-state index < -0.39 is 6.04 Å². The summed E-state index contributed by atoms with van der Waals surface area (Å²) < 4.78 is 0. The summed E-state index contributed by atoms with van der Waals surface area (Å²) >= 11 is 0. The monoisotopic (exact) mass is 349 g/mol. The second kappa shape index (κ2) is 9.75. The molecule has 138 valence electrons. The lowest BCUT2D eigenvalue weighted by Crippen LogP contribution is -2.46. The topological polar surface area (TPSA) is 117 Å². The van der Waals surface area contributed by atoms with E-state index in [0.29, 0.717) is 11.4 Å². The largest absolute Gasteiger partial charge is 0.346 e. The zero-order chi connectivity index (χ0) is 19.0. The molecule has 0 aromatic heterocycles. The highest BCUT2D eigenvalue weighted by Crippen LogP contribution is 2.13. The molecule has 25 heavy (non-hydrogen) atoms. The molecule has 0 saturated heterocycles. The summed E-state index contributed by atoms with van der Waals surface area (Å²) in [6.07, 6.45) is 0. The fraction of sp³-hybridized carbons (Fsp3) is 0.471. The van der Waals surface area contributed by atoms with Crippen LogP contribution in [0.4, 0.5) is 11.4 Å². The van der Waals surface area contributed by atoms with E-state index in [9.17, 15) is 14.4 Å². The lowest BCUT2D eigenvalue weighted by molar-refractivity contribution is -0.125. The Hall–Kier alpha value is -2.45. The van der Waals surface area contributed by atoms with Gasteiger partial charge in [0.15, 0.2) is 0 Å². The number of benzene rings is 1. The molecule has 0 aliphatic carbocycles. The minimum Gasteiger partial charge on any atom is -0.346 e. The summed E-state index contributed by atoms with van der Waals surface area (Å²) in [5.41, 5.74) is 6.91. The van der Waals surface area contributed by atoms with Gasteiger partial charge >= 0.3 is 0 Å². The number of nitrogens with one attached hydrogen (secondary N) is 3. The molecular weight excluding hydrogens is 322 g/mol. The minimum atomic E-state index is -0.641. The number of carbonyl (C=O) groups is 3. The van der Waals surface area contributed by atoms with E-state index >= 15 is 0 Å². The van der Waals surface area contributed by atoms with Crippen molar-refractivity contribution >= 4 is 29.1 Å². The van der Waals surface area contributed by atoms with Crippen LogP contribution in [0.15, 0.2) is 24.3 Å². The third kappa shape index (κ3) is 7.77. The summed E-state index contributed by atoms with van der Waals surface area (Å²) in [6.45, 7) is 3.81. The van der Waals surface area contributed by atoms with Gasteiger partial charge in [0.05, 0.1) is 19.1 Å². The zero-order valence-electron chi connectivity index (χ0n) is 15.1. The van der Waals surface area contributed by atoms with Crippen molar-refractivity contribution in [2.75, 3.05) is 37.8 Å². The van der Waals surface area contributed by atoms with Crippen LogP contribution in [-0.2, 0) is 14.4 Å². The van der Waals surface area contributed by atoms with Crippen molar-refractivity contribution in [2.45, 2.75) is 19.9 Å². The van der Waals surface area contributed by atoms with Gasteiger partial charge in [0, 0.05) is 11.4 Å². The van der Waals surface area contributed by atoms with Crippen LogP contribution in [0.2, 0.25) is 0 Å². The highest BCUT2D eigenvalue weighted by atomic mass is 16.2. The maximum absolute atomic E-state index is 11.9. The average Bonchev–Trinajstić information content (AvgIpc) is 2.52. The fourth-order valence-electron chi connectivity index (χ4n) is 1.92. The summed E-state index contributed by atoms with van der Waals surface area (Å²) in [7, 11) is 3.62. The number of rotatable bonds is 8. The van der Waals surface area contributed by atoms with E-state index in [4.69, 9.17) is 5.73 Å². The smallest absolute Gasteiger partial charge is 0.243 e. The lowest BCUT2D eigenvalue weighted by Gasteiger charge is -2.15. The lowest BCUT2D eigenvalue weighted by atomic mass is 10.1. The SMILES string of the molecule is CC(C)[C@H](N)C(=O)NCC(=O)Nc1ccc(NC(=O)CN(C)C)cc1. The van der Waals surface area contributed by atoms with Crippen LogP contribution in [0.5, 0.6) is 0 Å². The molecule has 0 aliphatic rings. The van der Waals surface area contributed by atoms with Crippen LogP contribution in [-0.4, -0.2) is 55.8 Å². The Bertz CT molecular complexity index is 599. The van der Waals surface area contributed by atoms with E-state index in [1.165, 1.54) is 0 Å². The third-order valence-electron chi connectivity index (χ3n) is 3.36. The van der Waals surface area contributed by atoms with E-state index in [2.05, 4.69) is 16.0 Å². The quantitative estimate of drug-likeness (QED) is 0.536. The number of anilines is 2. The molecule has 1 aromatic rings. The Kier molecular flexibility index (Phi) is 8.03. The molecule has 1 aromatic carbocycles. The maximum Gasteiger partial charge on any atom is 0.243 e. The van der Waals surface area contributed by atoms with Crippen LogP contribution in [0.25, 0.3) is 0 Å². The van der Waals surface area contributed by atoms with Crippen LogP contribution in [0.3, 0.4) is 0 Å². The Morgan fingerprint density at radius 3 is 1.92 bits per heavy atom. The molecule has 0 spiro atoms.